The highest BCUT2D eigenvalue weighted by Gasteiger charge is 2.43. The monoisotopic (exact) mass is 179 g/mol. The summed E-state index contributed by atoms with van der Waals surface area (Å²) in [6.45, 7) is 5.70. The molecule has 0 bridgehead atoms. The van der Waals surface area contributed by atoms with E-state index in [4.69, 9.17) is 5.26 Å². The summed E-state index contributed by atoms with van der Waals surface area (Å²) in [6.07, 6.45) is 3.30. The molecule has 3 nitrogen and oxygen atoms in total. The van der Waals surface area contributed by atoms with E-state index >= 15 is 0 Å². The van der Waals surface area contributed by atoms with Crippen LogP contribution in [0.3, 0.4) is 0 Å². The highest BCUT2D eigenvalue weighted by molar-refractivity contribution is 5.01. The first kappa shape index (κ1) is 8.98. The van der Waals surface area contributed by atoms with Gasteiger partial charge in [0.1, 0.15) is 0 Å². The lowest BCUT2D eigenvalue weighted by molar-refractivity contribution is 0.197. The Balaban J connectivity index is 1.80. The van der Waals surface area contributed by atoms with Crippen molar-refractivity contribution < 1.29 is 0 Å². The van der Waals surface area contributed by atoms with Crippen LogP contribution in [0.2, 0.25) is 0 Å². The van der Waals surface area contributed by atoms with Crippen LogP contribution in [-0.4, -0.2) is 37.6 Å². The van der Waals surface area contributed by atoms with Crippen LogP contribution >= 0.6 is 0 Å². The predicted octanol–water partition coefficient (Wildman–Crippen LogP) is 0.585. The van der Waals surface area contributed by atoms with Crippen molar-refractivity contribution in [1.82, 2.24) is 10.2 Å². The summed E-state index contributed by atoms with van der Waals surface area (Å²) in [7, 11) is 0. The fourth-order valence-electron chi connectivity index (χ4n) is 2.08. The van der Waals surface area contributed by atoms with Gasteiger partial charge in [-0.2, -0.15) is 5.26 Å². The maximum atomic E-state index is 8.69. The molecule has 1 aliphatic carbocycles. The van der Waals surface area contributed by atoms with E-state index in [1.54, 1.807) is 0 Å². The average molecular weight is 179 g/mol. The lowest BCUT2D eigenvalue weighted by atomic mass is 10.0. The number of hydrogen-bond acceptors (Lipinski definition) is 3. The molecule has 1 saturated carbocycles. The quantitative estimate of drug-likeness (QED) is 0.689. The number of nitrogens with zero attached hydrogens (tertiary/aromatic N) is 2. The van der Waals surface area contributed by atoms with Crippen LogP contribution < -0.4 is 5.32 Å². The lowest BCUT2D eigenvalue weighted by Gasteiger charge is -2.30. The van der Waals surface area contributed by atoms with Crippen molar-refractivity contribution in [3.8, 4) is 6.07 Å². The molecule has 0 aromatic carbocycles. The number of rotatable bonds is 3. The van der Waals surface area contributed by atoms with Gasteiger partial charge in [-0.15, -0.1) is 0 Å². The maximum Gasteiger partial charge on any atom is 0.0628 e. The zero-order chi connectivity index (χ0) is 9.15. The Kier molecular flexibility index (Phi) is 2.52. The first-order valence-electron chi connectivity index (χ1n) is 5.15. The Morgan fingerprint density at radius 3 is 2.54 bits per heavy atom. The zero-order valence-corrected chi connectivity index (χ0v) is 8.05. The van der Waals surface area contributed by atoms with Gasteiger partial charge in [-0.1, -0.05) is 0 Å². The highest BCUT2D eigenvalue weighted by Crippen LogP contribution is 2.49. The normalized spacial score (nSPS) is 26.7. The molecule has 0 spiro atoms. The molecule has 0 aromatic rings. The highest BCUT2D eigenvalue weighted by atomic mass is 15.2. The van der Waals surface area contributed by atoms with Gasteiger partial charge in [-0.05, 0) is 18.3 Å². The summed E-state index contributed by atoms with van der Waals surface area (Å²) in [6, 6.07) is 2.32. The van der Waals surface area contributed by atoms with E-state index < -0.39 is 0 Å². The van der Waals surface area contributed by atoms with Crippen molar-refractivity contribution in [2.45, 2.75) is 19.3 Å². The van der Waals surface area contributed by atoms with Gasteiger partial charge in [-0.25, -0.2) is 0 Å². The van der Waals surface area contributed by atoms with Gasteiger partial charge in [0, 0.05) is 39.1 Å². The molecule has 1 aliphatic heterocycles. The molecule has 1 saturated heterocycles. The number of hydrogen-bond donors (Lipinski definition) is 1. The number of piperazine rings is 1. The standard InChI is InChI=1S/C10H17N3/c11-4-3-10(1-2-10)9-13-7-5-12-6-8-13/h12H,1-3,5-9H2. The van der Waals surface area contributed by atoms with E-state index in [2.05, 4.69) is 16.3 Å². The Bertz CT molecular complexity index is 209. The third-order valence-corrected chi connectivity index (χ3v) is 3.18. The Morgan fingerprint density at radius 1 is 1.31 bits per heavy atom. The summed E-state index contributed by atoms with van der Waals surface area (Å²) in [5, 5.41) is 12.0. The minimum Gasteiger partial charge on any atom is -0.314 e. The van der Waals surface area contributed by atoms with Gasteiger partial charge in [-0.3, -0.25) is 0 Å². The maximum absolute atomic E-state index is 8.69. The Morgan fingerprint density at radius 2 is 2.00 bits per heavy atom. The Hall–Kier alpha value is -0.590. The number of nitriles is 1. The number of nitrogens with one attached hydrogen (secondary N) is 1. The first-order chi connectivity index (χ1) is 6.35. The van der Waals surface area contributed by atoms with Gasteiger partial charge >= 0.3 is 0 Å². The molecule has 72 valence electrons. The van der Waals surface area contributed by atoms with E-state index in [0.29, 0.717) is 5.41 Å². The Labute approximate surface area is 79.7 Å². The van der Waals surface area contributed by atoms with Crippen LogP contribution in [0.4, 0.5) is 0 Å². The topological polar surface area (TPSA) is 39.1 Å². The van der Waals surface area contributed by atoms with Crippen molar-refractivity contribution in [2.24, 2.45) is 5.41 Å². The van der Waals surface area contributed by atoms with Crippen molar-refractivity contribution in [2.75, 3.05) is 32.7 Å². The van der Waals surface area contributed by atoms with Crippen LogP contribution in [0, 0.1) is 16.7 Å². The minimum absolute atomic E-state index is 0.395. The van der Waals surface area contributed by atoms with E-state index in [1.165, 1.54) is 12.8 Å². The van der Waals surface area contributed by atoms with Crippen molar-refractivity contribution >= 4 is 0 Å². The summed E-state index contributed by atoms with van der Waals surface area (Å²) < 4.78 is 0. The molecule has 0 atom stereocenters. The lowest BCUT2D eigenvalue weighted by Crippen LogP contribution is -2.45. The van der Waals surface area contributed by atoms with Crippen LogP contribution in [-0.2, 0) is 0 Å². The second kappa shape index (κ2) is 3.65. The van der Waals surface area contributed by atoms with Gasteiger partial charge < -0.3 is 10.2 Å². The molecular weight excluding hydrogens is 162 g/mol. The summed E-state index contributed by atoms with van der Waals surface area (Å²) in [5.74, 6) is 0. The fourth-order valence-corrected chi connectivity index (χ4v) is 2.08. The van der Waals surface area contributed by atoms with Crippen molar-refractivity contribution in [1.29, 1.82) is 5.26 Å². The van der Waals surface area contributed by atoms with Gasteiger partial charge in [0.25, 0.3) is 0 Å². The van der Waals surface area contributed by atoms with Gasteiger partial charge in [0.2, 0.25) is 0 Å². The molecule has 0 amide bonds. The molecule has 1 N–H and O–H groups in total. The minimum atomic E-state index is 0.395. The second-order valence-electron chi connectivity index (χ2n) is 4.36. The molecule has 0 unspecified atom stereocenters. The average Bonchev–Trinajstić information content (AvgIpc) is 2.87. The SMILES string of the molecule is N#CCC1(CN2CCNCC2)CC1. The predicted molar refractivity (Wildman–Crippen MR) is 51.2 cm³/mol. The third kappa shape index (κ3) is 2.20. The molecule has 2 rings (SSSR count). The summed E-state index contributed by atoms with van der Waals surface area (Å²) in [4.78, 5) is 2.50. The molecule has 2 aliphatic rings. The third-order valence-electron chi connectivity index (χ3n) is 3.18. The molecule has 0 aromatic heterocycles. The molecule has 0 radical (unpaired) electrons. The molecule has 1 heterocycles. The molecule has 2 fully saturated rings. The van der Waals surface area contributed by atoms with Crippen LogP contribution in [0.15, 0.2) is 0 Å². The molecular formula is C10H17N3. The fraction of sp³-hybridized carbons (Fsp3) is 0.900. The van der Waals surface area contributed by atoms with Crippen molar-refractivity contribution in [3.63, 3.8) is 0 Å². The zero-order valence-electron chi connectivity index (χ0n) is 8.05. The van der Waals surface area contributed by atoms with E-state index in [0.717, 1.165) is 39.1 Å². The smallest absolute Gasteiger partial charge is 0.0628 e. The van der Waals surface area contributed by atoms with Gasteiger partial charge in [0.05, 0.1) is 6.07 Å². The largest absolute Gasteiger partial charge is 0.314 e. The van der Waals surface area contributed by atoms with Gasteiger partial charge in [0.15, 0.2) is 0 Å². The van der Waals surface area contributed by atoms with Crippen LogP contribution in [0.1, 0.15) is 19.3 Å². The first-order valence-corrected chi connectivity index (χ1v) is 5.15. The second-order valence-corrected chi connectivity index (χ2v) is 4.36. The van der Waals surface area contributed by atoms with Crippen molar-refractivity contribution in [3.05, 3.63) is 0 Å². The molecule has 13 heavy (non-hydrogen) atoms. The van der Waals surface area contributed by atoms with E-state index in [9.17, 15) is 0 Å². The van der Waals surface area contributed by atoms with E-state index in [1.807, 2.05) is 0 Å². The summed E-state index contributed by atoms with van der Waals surface area (Å²) >= 11 is 0. The summed E-state index contributed by atoms with van der Waals surface area (Å²) in [5.41, 5.74) is 0.395. The van der Waals surface area contributed by atoms with Crippen LogP contribution in [0.25, 0.3) is 0 Å². The van der Waals surface area contributed by atoms with E-state index in [-0.39, 0.29) is 0 Å². The van der Waals surface area contributed by atoms with Crippen LogP contribution in [0.5, 0.6) is 0 Å². The molecule has 3 heteroatoms.